The van der Waals surface area contributed by atoms with E-state index in [1.807, 2.05) is 0 Å². The Balaban J connectivity index is 1.62. The number of halogens is 4. The lowest BCUT2D eigenvalue weighted by molar-refractivity contribution is -0.140. The molecule has 31 heavy (non-hydrogen) atoms. The van der Waals surface area contributed by atoms with Gasteiger partial charge >= 0.3 is 6.18 Å². The highest BCUT2D eigenvalue weighted by Crippen LogP contribution is 2.42. The van der Waals surface area contributed by atoms with E-state index in [0.717, 1.165) is 31.0 Å². The SMILES string of the molecule is O=C(N[C@@H](c1ccc(C(F)(F)F)c(F)c1)C1CC1)c1cc(=O)[nH]c(-c2ccccc2)n1. The van der Waals surface area contributed by atoms with E-state index >= 15 is 0 Å². The number of carbonyl (C=O) groups excluding carboxylic acids is 1. The van der Waals surface area contributed by atoms with Crippen molar-refractivity contribution in [3.63, 3.8) is 0 Å². The normalized spacial score (nSPS) is 14.8. The molecular weight excluding hydrogens is 414 g/mol. The second kappa shape index (κ2) is 7.98. The number of hydrogen-bond acceptors (Lipinski definition) is 3. The summed E-state index contributed by atoms with van der Waals surface area (Å²) in [5.41, 5.74) is -1.18. The molecule has 1 aliphatic rings. The first-order valence-electron chi connectivity index (χ1n) is 9.56. The van der Waals surface area contributed by atoms with Crippen molar-refractivity contribution < 1.29 is 22.4 Å². The third-order valence-electron chi connectivity index (χ3n) is 5.06. The van der Waals surface area contributed by atoms with Crippen LogP contribution in [0.4, 0.5) is 17.6 Å². The molecule has 0 saturated heterocycles. The summed E-state index contributed by atoms with van der Waals surface area (Å²) < 4.78 is 52.6. The number of aromatic nitrogens is 2. The second-order valence-corrected chi connectivity index (χ2v) is 7.37. The number of nitrogens with one attached hydrogen (secondary N) is 2. The highest BCUT2D eigenvalue weighted by molar-refractivity contribution is 5.92. The summed E-state index contributed by atoms with van der Waals surface area (Å²) in [5, 5.41) is 2.70. The molecule has 1 aliphatic carbocycles. The van der Waals surface area contributed by atoms with Gasteiger partial charge in [0, 0.05) is 11.6 Å². The first-order chi connectivity index (χ1) is 14.7. The number of hydrogen-bond donors (Lipinski definition) is 2. The van der Waals surface area contributed by atoms with Crippen LogP contribution in [0, 0.1) is 11.7 Å². The molecule has 2 N–H and O–H groups in total. The molecule has 1 fully saturated rings. The van der Waals surface area contributed by atoms with Crippen molar-refractivity contribution in [2.45, 2.75) is 25.1 Å². The van der Waals surface area contributed by atoms with Crippen LogP contribution in [0.1, 0.15) is 40.5 Å². The van der Waals surface area contributed by atoms with Gasteiger partial charge in [0.2, 0.25) is 0 Å². The standard InChI is InChI=1S/C22H17F4N3O2/c23-16-10-14(8-9-15(16)22(24,25)26)19(12-6-7-12)29-21(31)17-11-18(30)28-20(27-17)13-4-2-1-3-5-13/h1-5,8-12,19H,6-7H2,(H,29,31)(H,27,28,30)/t19-/m1/s1. The molecule has 0 aliphatic heterocycles. The summed E-state index contributed by atoms with van der Waals surface area (Å²) in [7, 11) is 0. The lowest BCUT2D eigenvalue weighted by Crippen LogP contribution is -2.32. The third kappa shape index (κ3) is 4.65. The summed E-state index contributed by atoms with van der Waals surface area (Å²) in [6.07, 6.45) is -3.32. The molecule has 1 heterocycles. The van der Waals surface area contributed by atoms with E-state index in [1.165, 1.54) is 0 Å². The second-order valence-electron chi connectivity index (χ2n) is 7.37. The molecule has 1 amide bonds. The molecule has 0 radical (unpaired) electrons. The van der Waals surface area contributed by atoms with Gasteiger partial charge in [0.25, 0.3) is 11.5 Å². The lowest BCUT2D eigenvalue weighted by Gasteiger charge is -2.20. The molecule has 0 unspecified atom stereocenters. The largest absolute Gasteiger partial charge is 0.419 e. The van der Waals surface area contributed by atoms with Crippen molar-refractivity contribution in [3.8, 4) is 11.4 Å². The maximum Gasteiger partial charge on any atom is 0.419 e. The Bertz CT molecular complexity index is 1170. The highest BCUT2D eigenvalue weighted by Gasteiger charge is 2.37. The van der Waals surface area contributed by atoms with Gasteiger partial charge in [-0.2, -0.15) is 13.2 Å². The van der Waals surface area contributed by atoms with Gasteiger partial charge < -0.3 is 10.3 Å². The maximum absolute atomic E-state index is 14.1. The van der Waals surface area contributed by atoms with Gasteiger partial charge in [0.05, 0.1) is 11.6 Å². The van der Waals surface area contributed by atoms with E-state index < -0.39 is 35.1 Å². The number of alkyl halides is 3. The minimum Gasteiger partial charge on any atom is -0.344 e. The number of H-pyrrole nitrogens is 1. The van der Waals surface area contributed by atoms with Gasteiger partial charge in [-0.25, -0.2) is 9.37 Å². The third-order valence-corrected chi connectivity index (χ3v) is 5.06. The van der Waals surface area contributed by atoms with Gasteiger partial charge in [0.15, 0.2) is 0 Å². The van der Waals surface area contributed by atoms with Crippen LogP contribution in [0.15, 0.2) is 59.4 Å². The molecule has 1 atom stereocenters. The number of aromatic amines is 1. The zero-order valence-electron chi connectivity index (χ0n) is 16.0. The Labute approximate surface area is 174 Å². The van der Waals surface area contributed by atoms with Crippen molar-refractivity contribution in [1.29, 1.82) is 0 Å². The van der Waals surface area contributed by atoms with Crippen molar-refractivity contribution in [1.82, 2.24) is 15.3 Å². The van der Waals surface area contributed by atoms with E-state index in [4.69, 9.17) is 0 Å². The predicted octanol–water partition coefficient (Wildman–Crippen LogP) is 4.48. The molecular formula is C22H17F4N3O2. The molecule has 1 aromatic heterocycles. The zero-order valence-corrected chi connectivity index (χ0v) is 16.0. The molecule has 1 saturated carbocycles. The van der Waals surface area contributed by atoms with Crippen LogP contribution < -0.4 is 10.9 Å². The smallest absolute Gasteiger partial charge is 0.344 e. The summed E-state index contributed by atoms with van der Waals surface area (Å²) in [6, 6.07) is 11.7. The Morgan fingerprint density at radius 1 is 1.10 bits per heavy atom. The predicted molar refractivity (Wildman–Crippen MR) is 105 cm³/mol. The average Bonchev–Trinajstić information content (AvgIpc) is 3.56. The Morgan fingerprint density at radius 3 is 2.42 bits per heavy atom. The van der Waals surface area contributed by atoms with Gasteiger partial charge in [-0.05, 0) is 36.5 Å². The molecule has 0 spiro atoms. The van der Waals surface area contributed by atoms with E-state index in [9.17, 15) is 27.2 Å². The van der Waals surface area contributed by atoms with Crippen LogP contribution in [0.2, 0.25) is 0 Å². The topological polar surface area (TPSA) is 74.8 Å². The average molecular weight is 431 g/mol. The monoisotopic (exact) mass is 431 g/mol. The first-order valence-corrected chi connectivity index (χ1v) is 9.56. The van der Waals surface area contributed by atoms with Crippen LogP contribution in [0.3, 0.4) is 0 Å². The van der Waals surface area contributed by atoms with Gasteiger partial charge in [-0.15, -0.1) is 0 Å². The summed E-state index contributed by atoms with van der Waals surface area (Å²) in [6.45, 7) is 0. The van der Waals surface area contributed by atoms with E-state index in [2.05, 4.69) is 15.3 Å². The fourth-order valence-corrected chi connectivity index (χ4v) is 3.38. The first kappa shape index (κ1) is 20.8. The molecule has 160 valence electrons. The zero-order chi connectivity index (χ0) is 22.2. The van der Waals surface area contributed by atoms with E-state index in [1.54, 1.807) is 30.3 Å². The Kier molecular flexibility index (Phi) is 5.34. The molecule has 0 bridgehead atoms. The number of amides is 1. The molecule has 9 heteroatoms. The van der Waals surface area contributed by atoms with Crippen molar-refractivity contribution in [2.24, 2.45) is 5.92 Å². The van der Waals surface area contributed by atoms with Crippen molar-refractivity contribution in [3.05, 3.63) is 87.6 Å². The molecule has 5 nitrogen and oxygen atoms in total. The molecule has 4 rings (SSSR count). The Hall–Kier alpha value is -3.49. The maximum atomic E-state index is 14.1. The van der Waals surface area contributed by atoms with Crippen molar-refractivity contribution >= 4 is 5.91 Å². The number of rotatable bonds is 5. The van der Waals surface area contributed by atoms with E-state index in [0.29, 0.717) is 11.6 Å². The van der Waals surface area contributed by atoms with Crippen LogP contribution in [-0.2, 0) is 6.18 Å². The van der Waals surface area contributed by atoms with Gasteiger partial charge in [-0.1, -0.05) is 36.4 Å². The Morgan fingerprint density at radius 2 is 1.81 bits per heavy atom. The van der Waals surface area contributed by atoms with Crippen molar-refractivity contribution in [2.75, 3.05) is 0 Å². The summed E-state index contributed by atoms with van der Waals surface area (Å²) >= 11 is 0. The number of benzene rings is 2. The van der Waals surface area contributed by atoms with Gasteiger partial charge in [0.1, 0.15) is 17.3 Å². The summed E-state index contributed by atoms with van der Waals surface area (Å²) in [5.74, 6) is -1.89. The van der Waals surface area contributed by atoms with E-state index in [-0.39, 0.29) is 23.0 Å². The van der Waals surface area contributed by atoms with Gasteiger partial charge in [-0.3, -0.25) is 9.59 Å². The molecule has 3 aromatic rings. The minimum atomic E-state index is -4.80. The lowest BCUT2D eigenvalue weighted by atomic mass is 10.00. The van der Waals surface area contributed by atoms with Crippen LogP contribution in [0.25, 0.3) is 11.4 Å². The van der Waals surface area contributed by atoms with Crippen LogP contribution >= 0.6 is 0 Å². The van der Waals surface area contributed by atoms with Crippen LogP contribution in [-0.4, -0.2) is 15.9 Å². The minimum absolute atomic E-state index is 0.0318. The number of nitrogens with zero attached hydrogens (tertiary/aromatic N) is 1. The fraction of sp³-hybridized carbons (Fsp3) is 0.227. The number of carbonyl (C=O) groups is 1. The van der Waals surface area contributed by atoms with Crippen LogP contribution in [0.5, 0.6) is 0 Å². The fourth-order valence-electron chi connectivity index (χ4n) is 3.38. The quantitative estimate of drug-likeness (QED) is 0.585. The molecule has 2 aromatic carbocycles. The highest BCUT2D eigenvalue weighted by atomic mass is 19.4. The summed E-state index contributed by atoms with van der Waals surface area (Å²) in [4.78, 5) is 31.6.